The molecule has 3 nitrogen and oxygen atoms in total. The van der Waals surface area contributed by atoms with Crippen LogP contribution < -0.4 is 0 Å². The maximum absolute atomic E-state index is 11.4. The molecular weight excluding hydrogens is 192 g/mol. The van der Waals surface area contributed by atoms with Crippen LogP contribution in [0.25, 0.3) is 0 Å². The summed E-state index contributed by atoms with van der Waals surface area (Å²) in [5.41, 5.74) is 0.296. The van der Waals surface area contributed by atoms with E-state index < -0.39 is 0 Å². The highest BCUT2D eigenvalue weighted by atomic mass is 16.5. The molecule has 0 aliphatic rings. The number of carbonyl (C=O) groups excluding carboxylic acids is 1. The van der Waals surface area contributed by atoms with Gasteiger partial charge in [0.2, 0.25) is 0 Å². The summed E-state index contributed by atoms with van der Waals surface area (Å²) in [5.74, 6) is -0.298. The molecule has 0 aromatic heterocycles. The van der Waals surface area contributed by atoms with E-state index in [9.17, 15) is 9.90 Å². The van der Waals surface area contributed by atoms with Gasteiger partial charge in [0.15, 0.2) is 0 Å². The molecule has 15 heavy (non-hydrogen) atoms. The van der Waals surface area contributed by atoms with Crippen molar-refractivity contribution in [1.29, 1.82) is 0 Å². The first-order valence-corrected chi connectivity index (χ1v) is 5.40. The molecular formula is C12H22O3. The van der Waals surface area contributed by atoms with Gasteiger partial charge in [-0.25, -0.2) is 4.79 Å². The number of allylic oxidation sites excluding steroid dienone is 1. The fraction of sp³-hybridized carbons (Fsp3) is 0.750. The standard InChI is InChI=1S/C12H22O3/c1-5-7-12(4,8-13)9-15-11(14)10(3)6-2/h6,13H,5,7-9H2,1-4H3. The smallest absolute Gasteiger partial charge is 0.333 e. The van der Waals surface area contributed by atoms with E-state index in [2.05, 4.69) is 0 Å². The summed E-state index contributed by atoms with van der Waals surface area (Å²) in [5, 5.41) is 9.22. The molecule has 1 unspecified atom stereocenters. The Hall–Kier alpha value is -0.830. The van der Waals surface area contributed by atoms with Crippen LogP contribution in [0.4, 0.5) is 0 Å². The molecule has 0 aromatic rings. The van der Waals surface area contributed by atoms with Gasteiger partial charge in [-0.1, -0.05) is 26.3 Å². The zero-order valence-corrected chi connectivity index (χ0v) is 10.2. The number of carbonyl (C=O) groups is 1. The Labute approximate surface area is 92.1 Å². The molecule has 0 spiro atoms. The van der Waals surface area contributed by atoms with Crippen molar-refractivity contribution >= 4 is 5.97 Å². The highest BCUT2D eigenvalue weighted by Crippen LogP contribution is 2.23. The van der Waals surface area contributed by atoms with Crippen LogP contribution in [0.3, 0.4) is 0 Å². The van der Waals surface area contributed by atoms with Gasteiger partial charge in [0.25, 0.3) is 0 Å². The number of aliphatic hydroxyl groups excluding tert-OH is 1. The summed E-state index contributed by atoms with van der Waals surface area (Å²) < 4.78 is 5.14. The molecule has 3 heteroatoms. The van der Waals surface area contributed by atoms with E-state index in [1.165, 1.54) is 0 Å². The molecule has 0 bridgehead atoms. The van der Waals surface area contributed by atoms with Crippen molar-refractivity contribution in [3.63, 3.8) is 0 Å². The van der Waals surface area contributed by atoms with Gasteiger partial charge in [0, 0.05) is 11.0 Å². The number of ether oxygens (including phenoxy) is 1. The van der Waals surface area contributed by atoms with Gasteiger partial charge < -0.3 is 9.84 Å². The topological polar surface area (TPSA) is 46.5 Å². The maximum Gasteiger partial charge on any atom is 0.333 e. The minimum absolute atomic E-state index is 0.0446. The van der Waals surface area contributed by atoms with Crippen LogP contribution in [0, 0.1) is 5.41 Å². The minimum Gasteiger partial charge on any atom is -0.462 e. The lowest BCUT2D eigenvalue weighted by molar-refractivity contribution is -0.143. The van der Waals surface area contributed by atoms with Crippen molar-refractivity contribution in [3.05, 3.63) is 11.6 Å². The fourth-order valence-electron chi connectivity index (χ4n) is 1.27. The minimum atomic E-state index is -0.307. The summed E-state index contributed by atoms with van der Waals surface area (Å²) >= 11 is 0. The molecule has 1 N–H and O–H groups in total. The first-order chi connectivity index (χ1) is 6.99. The van der Waals surface area contributed by atoms with Gasteiger partial charge in [-0.05, 0) is 20.3 Å². The van der Waals surface area contributed by atoms with Gasteiger partial charge in [-0.15, -0.1) is 0 Å². The Bertz CT molecular complexity index is 233. The van der Waals surface area contributed by atoms with E-state index in [0.717, 1.165) is 12.8 Å². The van der Waals surface area contributed by atoms with Crippen LogP contribution in [-0.4, -0.2) is 24.3 Å². The van der Waals surface area contributed by atoms with Crippen molar-refractivity contribution in [1.82, 2.24) is 0 Å². The third-order valence-electron chi connectivity index (χ3n) is 2.54. The highest BCUT2D eigenvalue weighted by Gasteiger charge is 2.24. The fourth-order valence-corrected chi connectivity index (χ4v) is 1.27. The third kappa shape index (κ3) is 4.98. The van der Waals surface area contributed by atoms with Crippen molar-refractivity contribution in [2.75, 3.05) is 13.2 Å². The first-order valence-electron chi connectivity index (χ1n) is 5.40. The summed E-state index contributed by atoms with van der Waals surface area (Å²) in [6.07, 6.45) is 3.54. The first kappa shape index (κ1) is 14.2. The molecule has 0 heterocycles. The van der Waals surface area contributed by atoms with Crippen LogP contribution in [0.5, 0.6) is 0 Å². The van der Waals surface area contributed by atoms with Crippen molar-refractivity contribution in [3.8, 4) is 0 Å². The Morgan fingerprint density at radius 3 is 2.53 bits per heavy atom. The lowest BCUT2D eigenvalue weighted by Crippen LogP contribution is -2.29. The van der Waals surface area contributed by atoms with E-state index in [0.29, 0.717) is 5.57 Å². The largest absolute Gasteiger partial charge is 0.462 e. The monoisotopic (exact) mass is 214 g/mol. The van der Waals surface area contributed by atoms with Gasteiger partial charge >= 0.3 is 5.97 Å². The van der Waals surface area contributed by atoms with E-state index in [4.69, 9.17) is 4.74 Å². The average molecular weight is 214 g/mol. The van der Waals surface area contributed by atoms with Crippen LogP contribution in [0.15, 0.2) is 11.6 Å². The molecule has 1 atom stereocenters. The lowest BCUT2D eigenvalue weighted by atomic mass is 9.88. The van der Waals surface area contributed by atoms with Gasteiger partial charge in [0.05, 0.1) is 13.2 Å². The molecule has 88 valence electrons. The summed E-state index contributed by atoms with van der Waals surface area (Å²) in [4.78, 5) is 11.4. The molecule has 0 saturated carbocycles. The molecule has 0 saturated heterocycles. The van der Waals surface area contributed by atoms with E-state index in [1.54, 1.807) is 19.9 Å². The van der Waals surface area contributed by atoms with Crippen molar-refractivity contribution in [2.24, 2.45) is 5.41 Å². The predicted molar refractivity (Wildman–Crippen MR) is 60.5 cm³/mol. The Morgan fingerprint density at radius 2 is 2.13 bits per heavy atom. The molecule has 0 amide bonds. The van der Waals surface area contributed by atoms with Gasteiger partial charge in [0.1, 0.15) is 0 Å². The SMILES string of the molecule is CC=C(C)C(=O)OCC(C)(CO)CCC. The van der Waals surface area contributed by atoms with Crippen LogP contribution in [0.2, 0.25) is 0 Å². The molecule has 0 fully saturated rings. The number of aliphatic hydroxyl groups is 1. The average Bonchev–Trinajstić information content (AvgIpc) is 2.25. The van der Waals surface area contributed by atoms with Gasteiger partial charge in [-0.3, -0.25) is 0 Å². The second kappa shape index (κ2) is 6.62. The van der Waals surface area contributed by atoms with Crippen molar-refractivity contribution < 1.29 is 14.6 Å². The number of rotatable bonds is 6. The summed E-state index contributed by atoms with van der Waals surface area (Å²) in [6, 6.07) is 0. The molecule has 0 rings (SSSR count). The zero-order valence-electron chi connectivity index (χ0n) is 10.2. The maximum atomic E-state index is 11.4. The normalized spacial score (nSPS) is 15.9. The Morgan fingerprint density at radius 1 is 1.53 bits per heavy atom. The van der Waals surface area contributed by atoms with Crippen LogP contribution >= 0.6 is 0 Å². The number of hydrogen-bond acceptors (Lipinski definition) is 3. The zero-order chi connectivity index (χ0) is 11.9. The van der Waals surface area contributed by atoms with E-state index in [1.807, 2.05) is 13.8 Å². The van der Waals surface area contributed by atoms with Crippen LogP contribution in [0.1, 0.15) is 40.5 Å². The predicted octanol–water partition coefficient (Wildman–Crippen LogP) is 2.29. The highest BCUT2D eigenvalue weighted by molar-refractivity contribution is 5.87. The van der Waals surface area contributed by atoms with E-state index >= 15 is 0 Å². The van der Waals surface area contributed by atoms with Gasteiger partial charge in [-0.2, -0.15) is 0 Å². The van der Waals surface area contributed by atoms with Crippen LogP contribution in [-0.2, 0) is 9.53 Å². The summed E-state index contributed by atoms with van der Waals surface area (Å²) in [7, 11) is 0. The Balaban J connectivity index is 4.17. The van der Waals surface area contributed by atoms with E-state index in [-0.39, 0.29) is 24.6 Å². The molecule has 0 aromatic carbocycles. The number of esters is 1. The summed E-state index contributed by atoms with van der Waals surface area (Å²) in [6.45, 7) is 7.82. The Kier molecular flexibility index (Phi) is 6.25. The van der Waals surface area contributed by atoms with Crippen molar-refractivity contribution in [2.45, 2.75) is 40.5 Å². The number of hydrogen-bond donors (Lipinski definition) is 1. The molecule has 0 radical (unpaired) electrons. The third-order valence-corrected chi connectivity index (χ3v) is 2.54. The molecule has 0 aliphatic heterocycles. The quantitative estimate of drug-likeness (QED) is 0.545. The second-order valence-electron chi connectivity index (χ2n) is 4.27. The lowest BCUT2D eigenvalue weighted by Gasteiger charge is -2.26. The second-order valence-corrected chi connectivity index (χ2v) is 4.27. The molecule has 0 aliphatic carbocycles.